The highest BCUT2D eigenvalue weighted by Gasteiger charge is 2.16. The van der Waals surface area contributed by atoms with Crippen LogP contribution in [0, 0.1) is 5.82 Å². The fraction of sp³-hybridized carbons (Fsp3) is 0.154. The zero-order chi connectivity index (χ0) is 26.2. The average Bonchev–Trinajstić information content (AvgIpc) is 3.32. The lowest BCUT2D eigenvalue weighted by molar-refractivity contribution is -0.119. The normalized spacial score (nSPS) is 10.6. The molecule has 8 nitrogen and oxygen atoms in total. The van der Waals surface area contributed by atoms with Crippen molar-refractivity contribution in [3.63, 3.8) is 0 Å². The topological polar surface area (TPSA) is 104 Å². The van der Waals surface area contributed by atoms with E-state index in [1.807, 2.05) is 30.3 Å². The van der Waals surface area contributed by atoms with Crippen LogP contribution >= 0.6 is 23.6 Å². The molecule has 2 amide bonds. The van der Waals surface area contributed by atoms with E-state index in [9.17, 15) is 14.0 Å². The van der Waals surface area contributed by atoms with E-state index in [4.69, 9.17) is 17.0 Å². The number of ether oxygens (including phenoxy) is 1. The van der Waals surface area contributed by atoms with Crippen LogP contribution in [0.15, 0.2) is 66.9 Å². The van der Waals surface area contributed by atoms with Gasteiger partial charge in [-0.3, -0.25) is 14.6 Å². The van der Waals surface area contributed by atoms with Crippen LogP contribution in [-0.4, -0.2) is 42.0 Å². The number of pyridine rings is 1. The molecule has 0 fully saturated rings. The van der Waals surface area contributed by atoms with Gasteiger partial charge in [0, 0.05) is 37.1 Å². The zero-order valence-corrected chi connectivity index (χ0v) is 21.5. The summed E-state index contributed by atoms with van der Waals surface area (Å²) in [5.74, 6) is -0.748. The van der Waals surface area contributed by atoms with E-state index in [-0.39, 0.29) is 29.1 Å². The number of halogens is 1. The first-order valence-corrected chi connectivity index (χ1v) is 12.6. The number of nitrogens with one attached hydrogen (secondary N) is 4. The van der Waals surface area contributed by atoms with E-state index < -0.39 is 5.82 Å². The summed E-state index contributed by atoms with van der Waals surface area (Å²) < 4.78 is 21.3. The van der Waals surface area contributed by atoms with Gasteiger partial charge in [0.15, 0.2) is 16.7 Å². The number of carbonyl (C=O) groups excluding carboxylic acids is 2. The lowest BCUT2D eigenvalue weighted by Gasteiger charge is -2.12. The number of likely N-dealkylation sites (N-methyl/N-ethyl adjacent to an activating group) is 1. The van der Waals surface area contributed by atoms with Crippen LogP contribution in [0.4, 0.5) is 10.1 Å². The summed E-state index contributed by atoms with van der Waals surface area (Å²) in [6.07, 6.45) is 1.71. The van der Waals surface area contributed by atoms with Gasteiger partial charge in [0.05, 0.1) is 21.5 Å². The Labute approximate surface area is 222 Å². The molecule has 0 atom stereocenters. The number of hydrogen-bond acceptors (Lipinski definition) is 7. The summed E-state index contributed by atoms with van der Waals surface area (Å²) in [6, 6.07) is 16.8. The van der Waals surface area contributed by atoms with Crippen molar-refractivity contribution in [2.45, 2.75) is 6.42 Å². The number of thiocarbonyl (C=S) groups is 1. The summed E-state index contributed by atoms with van der Waals surface area (Å²) in [7, 11) is 1.81. The minimum Gasteiger partial charge on any atom is -0.453 e. The molecule has 0 radical (unpaired) electrons. The van der Waals surface area contributed by atoms with Gasteiger partial charge in [-0.1, -0.05) is 30.3 Å². The molecule has 0 spiro atoms. The molecule has 4 aromatic rings. The van der Waals surface area contributed by atoms with Gasteiger partial charge >= 0.3 is 0 Å². The Morgan fingerprint density at radius 1 is 1.05 bits per heavy atom. The quantitative estimate of drug-likeness (QED) is 0.187. The maximum absolute atomic E-state index is 14.9. The molecule has 0 aliphatic heterocycles. The first kappa shape index (κ1) is 26.1. The number of benzene rings is 2. The number of rotatable bonds is 9. The number of anilines is 1. The van der Waals surface area contributed by atoms with E-state index in [2.05, 4.69) is 26.3 Å². The van der Waals surface area contributed by atoms with E-state index in [0.717, 1.165) is 5.56 Å². The van der Waals surface area contributed by atoms with Crippen molar-refractivity contribution < 1.29 is 18.7 Å². The van der Waals surface area contributed by atoms with Crippen LogP contribution in [0.3, 0.4) is 0 Å². The van der Waals surface area contributed by atoms with Gasteiger partial charge in [-0.25, -0.2) is 4.39 Å². The maximum atomic E-state index is 14.9. The Balaban J connectivity index is 1.40. The standard InChI is InChI=1S/C26H24FN5O3S2/c1-28-11-12-30-25(34)22-15-19-24(37-22)21(9-10-29-19)35-20-8-7-17(14-18(20)27)31-26(36)32-23(33)13-16-5-3-2-4-6-16/h2-10,14-15,28H,11-13H2,1H3,(H,30,34)(H2,31,32,33,36). The first-order valence-electron chi connectivity index (χ1n) is 11.4. The Bertz CT molecular complexity index is 1430. The van der Waals surface area contributed by atoms with Gasteiger partial charge in [-0.05, 0) is 43.0 Å². The first-order chi connectivity index (χ1) is 17.9. The molecule has 0 aliphatic carbocycles. The molecular formula is C26H24FN5O3S2. The van der Waals surface area contributed by atoms with Gasteiger partial charge < -0.3 is 26.0 Å². The van der Waals surface area contributed by atoms with Crippen molar-refractivity contribution in [2.75, 3.05) is 25.5 Å². The molecular weight excluding hydrogens is 513 g/mol. The fourth-order valence-corrected chi connectivity index (χ4v) is 4.60. The van der Waals surface area contributed by atoms with Gasteiger partial charge in [-0.15, -0.1) is 11.3 Å². The molecule has 37 heavy (non-hydrogen) atoms. The van der Waals surface area contributed by atoms with E-state index >= 15 is 0 Å². The number of hydrogen-bond donors (Lipinski definition) is 4. The zero-order valence-electron chi connectivity index (χ0n) is 19.8. The molecule has 0 aliphatic rings. The van der Waals surface area contributed by atoms with Gasteiger partial charge in [0.2, 0.25) is 5.91 Å². The Hall–Kier alpha value is -3.93. The van der Waals surface area contributed by atoms with Crippen LogP contribution < -0.4 is 26.0 Å². The van der Waals surface area contributed by atoms with Crippen molar-refractivity contribution in [1.29, 1.82) is 0 Å². The number of thiophene rings is 1. The SMILES string of the molecule is CNCCNC(=O)c1cc2nccc(Oc3ccc(NC(=S)NC(=O)Cc4ccccc4)cc3F)c2s1. The second kappa shape index (κ2) is 12.3. The molecule has 11 heteroatoms. The van der Waals surface area contributed by atoms with Gasteiger partial charge in [-0.2, -0.15) is 0 Å². The van der Waals surface area contributed by atoms with Crippen molar-refractivity contribution in [3.05, 3.63) is 83.1 Å². The van der Waals surface area contributed by atoms with Crippen LogP contribution in [-0.2, 0) is 11.2 Å². The molecule has 4 rings (SSSR count). The third-order valence-electron chi connectivity index (χ3n) is 5.13. The van der Waals surface area contributed by atoms with Crippen LogP contribution in [0.5, 0.6) is 11.5 Å². The summed E-state index contributed by atoms with van der Waals surface area (Å²) in [5, 5.41) is 11.2. The smallest absolute Gasteiger partial charge is 0.261 e. The monoisotopic (exact) mass is 537 g/mol. The summed E-state index contributed by atoms with van der Waals surface area (Å²) >= 11 is 6.40. The Kier molecular flexibility index (Phi) is 8.72. The van der Waals surface area contributed by atoms with Crippen LogP contribution in [0.1, 0.15) is 15.2 Å². The molecule has 0 unspecified atom stereocenters. The second-order valence-corrected chi connectivity index (χ2v) is 9.37. The van der Waals surface area contributed by atoms with Crippen molar-refractivity contribution >= 4 is 56.4 Å². The lowest BCUT2D eigenvalue weighted by atomic mass is 10.1. The molecule has 2 aromatic heterocycles. The van der Waals surface area contributed by atoms with Gasteiger partial charge in [0.25, 0.3) is 5.91 Å². The van der Waals surface area contributed by atoms with Crippen LogP contribution in [0.25, 0.3) is 10.2 Å². The molecule has 190 valence electrons. The highest BCUT2D eigenvalue weighted by Crippen LogP contribution is 2.36. The molecule has 2 heterocycles. The number of carbonyl (C=O) groups is 2. The maximum Gasteiger partial charge on any atom is 0.261 e. The summed E-state index contributed by atoms with van der Waals surface area (Å²) in [6.45, 7) is 1.14. The van der Waals surface area contributed by atoms with Crippen LogP contribution in [0.2, 0.25) is 0 Å². The van der Waals surface area contributed by atoms with E-state index in [1.165, 1.54) is 29.7 Å². The molecule has 0 saturated carbocycles. The third kappa shape index (κ3) is 7.06. The number of nitrogens with zero attached hydrogens (tertiary/aromatic N) is 1. The van der Waals surface area contributed by atoms with E-state index in [0.29, 0.717) is 39.6 Å². The van der Waals surface area contributed by atoms with Gasteiger partial charge in [0.1, 0.15) is 5.75 Å². The van der Waals surface area contributed by atoms with Crippen molar-refractivity contribution in [2.24, 2.45) is 0 Å². The molecule has 0 saturated heterocycles. The predicted molar refractivity (Wildman–Crippen MR) is 147 cm³/mol. The van der Waals surface area contributed by atoms with Crippen molar-refractivity contribution in [3.8, 4) is 11.5 Å². The largest absolute Gasteiger partial charge is 0.453 e. The minimum absolute atomic E-state index is 0.00879. The predicted octanol–water partition coefficient (Wildman–Crippen LogP) is 4.23. The van der Waals surface area contributed by atoms with Crippen molar-refractivity contribution in [1.82, 2.24) is 20.9 Å². The third-order valence-corrected chi connectivity index (χ3v) is 6.47. The number of aromatic nitrogens is 1. The lowest BCUT2D eigenvalue weighted by Crippen LogP contribution is -2.35. The van der Waals surface area contributed by atoms with E-state index in [1.54, 1.807) is 25.2 Å². The second-order valence-electron chi connectivity index (χ2n) is 7.91. The Morgan fingerprint density at radius 2 is 1.86 bits per heavy atom. The molecule has 0 bridgehead atoms. The molecule has 2 aromatic carbocycles. The minimum atomic E-state index is -0.630. The fourth-order valence-electron chi connectivity index (χ4n) is 3.39. The number of fused-ring (bicyclic) bond motifs is 1. The summed E-state index contributed by atoms with van der Waals surface area (Å²) in [4.78, 5) is 29.4. The molecule has 4 N–H and O–H groups in total. The Morgan fingerprint density at radius 3 is 2.62 bits per heavy atom. The highest BCUT2D eigenvalue weighted by molar-refractivity contribution is 7.80. The highest BCUT2D eigenvalue weighted by atomic mass is 32.1. The summed E-state index contributed by atoms with van der Waals surface area (Å²) in [5.41, 5.74) is 1.79. The average molecular weight is 538 g/mol. The number of amides is 2.